The lowest BCUT2D eigenvalue weighted by Crippen LogP contribution is -2.57. The third-order valence-electron chi connectivity index (χ3n) is 5.58. The Labute approximate surface area is 131 Å². The van der Waals surface area contributed by atoms with Gasteiger partial charge in [-0.25, -0.2) is 8.42 Å². The van der Waals surface area contributed by atoms with E-state index in [1.165, 1.54) is 6.42 Å². The summed E-state index contributed by atoms with van der Waals surface area (Å²) in [6.07, 6.45) is 9.25. The molecule has 4 heteroatoms. The van der Waals surface area contributed by atoms with E-state index in [1.807, 2.05) is 0 Å². The molecule has 124 valence electrons. The van der Waals surface area contributed by atoms with Crippen LogP contribution in [-0.4, -0.2) is 31.5 Å². The summed E-state index contributed by atoms with van der Waals surface area (Å²) in [4.78, 5) is 0. The van der Waals surface area contributed by atoms with Crippen LogP contribution in [0.2, 0.25) is 0 Å². The molecule has 0 aromatic rings. The van der Waals surface area contributed by atoms with Gasteiger partial charge >= 0.3 is 0 Å². The van der Waals surface area contributed by atoms with Crippen molar-refractivity contribution in [3.63, 3.8) is 0 Å². The molecule has 1 N–H and O–H groups in total. The van der Waals surface area contributed by atoms with Crippen LogP contribution in [0.4, 0.5) is 0 Å². The van der Waals surface area contributed by atoms with Crippen molar-refractivity contribution in [2.24, 2.45) is 5.41 Å². The van der Waals surface area contributed by atoms with Crippen LogP contribution < -0.4 is 5.32 Å². The van der Waals surface area contributed by atoms with E-state index in [1.54, 1.807) is 0 Å². The number of nitrogens with one attached hydrogen (secondary N) is 1. The van der Waals surface area contributed by atoms with Crippen LogP contribution in [0.1, 0.15) is 78.6 Å². The minimum absolute atomic E-state index is 0.0731. The van der Waals surface area contributed by atoms with E-state index in [0.717, 1.165) is 57.9 Å². The smallest absolute Gasteiger partial charge is 0.157 e. The Kier molecular flexibility index (Phi) is 5.75. The second-order valence-corrected chi connectivity index (χ2v) is 10.2. The van der Waals surface area contributed by atoms with Crippen molar-refractivity contribution in [3.8, 4) is 0 Å². The monoisotopic (exact) mass is 315 g/mol. The summed E-state index contributed by atoms with van der Waals surface area (Å²) in [5.74, 6) is 0. The SMILES string of the molecule is CCCNC1C(S(=O)(=O)C2CCCCC2)CCCC1(C)C. The van der Waals surface area contributed by atoms with Crippen molar-refractivity contribution in [2.45, 2.75) is 95.1 Å². The molecule has 3 nitrogen and oxygen atoms in total. The van der Waals surface area contributed by atoms with Crippen LogP contribution in [0.5, 0.6) is 0 Å². The minimum atomic E-state index is -3.00. The number of rotatable bonds is 5. The largest absolute Gasteiger partial charge is 0.312 e. The first-order valence-corrected chi connectivity index (χ1v) is 10.5. The Morgan fingerprint density at radius 2 is 1.71 bits per heavy atom. The topological polar surface area (TPSA) is 46.2 Å². The van der Waals surface area contributed by atoms with Gasteiger partial charge in [0.15, 0.2) is 9.84 Å². The predicted molar refractivity (Wildman–Crippen MR) is 89.3 cm³/mol. The van der Waals surface area contributed by atoms with Gasteiger partial charge in [0.2, 0.25) is 0 Å². The summed E-state index contributed by atoms with van der Waals surface area (Å²) >= 11 is 0. The second kappa shape index (κ2) is 6.99. The van der Waals surface area contributed by atoms with Crippen molar-refractivity contribution in [2.75, 3.05) is 6.54 Å². The maximum atomic E-state index is 13.2. The molecular formula is C17H33NO2S. The van der Waals surface area contributed by atoms with E-state index in [9.17, 15) is 8.42 Å². The number of sulfone groups is 1. The standard InChI is InChI=1S/C17H33NO2S/c1-4-13-18-16-15(11-8-12-17(16,2)3)21(19,20)14-9-6-5-7-10-14/h14-16,18H,4-13H2,1-3H3. The van der Waals surface area contributed by atoms with E-state index in [0.29, 0.717) is 0 Å². The summed E-state index contributed by atoms with van der Waals surface area (Å²) in [7, 11) is -3.00. The molecule has 2 saturated carbocycles. The van der Waals surface area contributed by atoms with Crippen LogP contribution in [0.3, 0.4) is 0 Å². The molecule has 2 aliphatic rings. The van der Waals surface area contributed by atoms with Crippen LogP contribution in [0.15, 0.2) is 0 Å². The highest BCUT2D eigenvalue weighted by Gasteiger charge is 2.47. The van der Waals surface area contributed by atoms with E-state index < -0.39 is 9.84 Å². The van der Waals surface area contributed by atoms with Crippen LogP contribution in [0.25, 0.3) is 0 Å². The van der Waals surface area contributed by atoms with E-state index >= 15 is 0 Å². The lowest BCUT2D eigenvalue weighted by atomic mass is 9.73. The molecule has 0 aromatic carbocycles. The fourth-order valence-corrected chi connectivity index (χ4v) is 7.11. The van der Waals surface area contributed by atoms with Crippen molar-refractivity contribution < 1.29 is 8.42 Å². The molecule has 2 fully saturated rings. The number of hydrogen-bond acceptors (Lipinski definition) is 3. The predicted octanol–water partition coefficient (Wildman–Crippen LogP) is 3.68. The van der Waals surface area contributed by atoms with E-state index in [-0.39, 0.29) is 22.0 Å². The average Bonchev–Trinajstić information content (AvgIpc) is 2.46. The van der Waals surface area contributed by atoms with E-state index in [2.05, 4.69) is 26.1 Å². The maximum absolute atomic E-state index is 13.2. The zero-order chi connectivity index (χ0) is 15.5. The molecule has 2 atom stereocenters. The van der Waals surface area contributed by atoms with Gasteiger partial charge in [0.1, 0.15) is 0 Å². The molecule has 2 rings (SSSR count). The Balaban J connectivity index is 2.20. The first kappa shape index (κ1) is 17.3. The molecule has 0 aliphatic heterocycles. The Morgan fingerprint density at radius 3 is 2.33 bits per heavy atom. The molecule has 0 spiro atoms. The maximum Gasteiger partial charge on any atom is 0.157 e. The Hall–Kier alpha value is -0.0900. The molecule has 0 radical (unpaired) electrons. The highest BCUT2D eigenvalue weighted by atomic mass is 32.2. The van der Waals surface area contributed by atoms with Gasteiger partial charge in [0.25, 0.3) is 0 Å². The van der Waals surface area contributed by atoms with Crippen molar-refractivity contribution in [3.05, 3.63) is 0 Å². The molecular weight excluding hydrogens is 282 g/mol. The minimum Gasteiger partial charge on any atom is -0.312 e. The summed E-state index contributed by atoms with van der Waals surface area (Å²) in [6.45, 7) is 7.55. The Bertz CT molecular complexity index is 424. The van der Waals surface area contributed by atoms with Gasteiger partial charge in [-0.3, -0.25) is 0 Å². The molecule has 0 heterocycles. The first-order chi connectivity index (χ1) is 9.89. The Morgan fingerprint density at radius 1 is 1.05 bits per heavy atom. The lowest BCUT2D eigenvalue weighted by Gasteiger charge is -2.45. The van der Waals surface area contributed by atoms with Gasteiger partial charge < -0.3 is 5.32 Å². The summed E-state index contributed by atoms with van der Waals surface area (Å²) < 4.78 is 26.3. The molecule has 0 amide bonds. The number of hydrogen-bond donors (Lipinski definition) is 1. The zero-order valence-electron chi connectivity index (χ0n) is 14.0. The highest BCUT2D eigenvalue weighted by Crippen LogP contribution is 2.41. The van der Waals surface area contributed by atoms with E-state index in [4.69, 9.17) is 0 Å². The van der Waals surface area contributed by atoms with Crippen LogP contribution >= 0.6 is 0 Å². The molecule has 0 saturated heterocycles. The van der Waals surface area contributed by atoms with Crippen molar-refractivity contribution >= 4 is 9.84 Å². The molecule has 2 unspecified atom stereocenters. The van der Waals surface area contributed by atoms with Gasteiger partial charge in [0.05, 0.1) is 10.5 Å². The van der Waals surface area contributed by atoms with Gasteiger partial charge in [-0.15, -0.1) is 0 Å². The van der Waals surface area contributed by atoms with Gasteiger partial charge in [-0.2, -0.15) is 0 Å². The summed E-state index contributed by atoms with van der Waals surface area (Å²) in [5.41, 5.74) is 0.0832. The fourth-order valence-electron chi connectivity index (χ4n) is 4.29. The molecule has 0 aromatic heterocycles. The third-order valence-corrected chi connectivity index (χ3v) is 8.33. The molecule has 2 aliphatic carbocycles. The average molecular weight is 316 g/mol. The van der Waals surface area contributed by atoms with Gasteiger partial charge in [0, 0.05) is 6.04 Å². The third kappa shape index (κ3) is 3.82. The lowest BCUT2D eigenvalue weighted by molar-refractivity contribution is 0.170. The second-order valence-electron chi connectivity index (χ2n) is 7.70. The zero-order valence-corrected chi connectivity index (χ0v) is 14.8. The normalized spacial score (nSPS) is 31.2. The molecule has 0 bridgehead atoms. The first-order valence-electron chi connectivity index (χ1n) is 8.85. The fraction of sp³-hybridized carbons (Fsp3) is 1.00. The summed E-state index contributed by atoms with van der Waals surface area (Å²) in [6, 6.07) is 0.123. The highest BCUT2D eigenvalue weighted by molar-refractivity contribution is 7.92. The van der Waals surface area contributed by atoms with Crippen molar-refractivity contribution in [1.29, 1.82) is 0 Å². The molecule has 21 heavy (non-hydrogen) atoms. The van der Waals surface area contributed by atoms with Gasteiger partial charge in [-0.1, -0.05) is 46.5 Å². The van der Waals surface area contributed by atoms with Crippen LogP contribution in [0, 0.1) is 5.41 Å². The van der Waals surface area contributed by atoms with Gasteiger partial charge in [-0.05, 0) is 44.1 Å². The van der Waals surface area contributed by atoms with Crippen LogP contribution in [-0.2, 0) is 9.84 Å². The summed E-state index contributed by atoms with van der Waals surface area (Å²) in [5, 5.41) is 3.33. The van der Waals surface area contributed by atoms with Crippen molar-refractivity contribution in [1.82, 2.24) is 5.32 Å². The quantitative estimate of drug-likeness (QED) is 0.842.